The third-order valence-corrected chi connectivity index (χ3v) is 5.06. The van der Waals surface area contributed by atoms with Crippen molar-refractivity contribution in [3.05, 3.63) is 31.1 Å². The van der Waals surface area contributed by atoms with Gasteiger partial charge in [0.15, 0.2) is 5.03 Å². The molecule has 1 fully saturated rings. The van der Waals surface area contributed by atoms with Crippen LogP contribution in [0.2, 0.25) is 0 Å². The molecule has 21 heavy (non-hydrogen) atoms. The summed E-state index contributed by atoms with van der Waals surface area (Å²) >= 11 is 0. The number of piperidine rings is 1. The minimum absolute atomic E-state index is 0.102. The van der Waals surface area contributed by atoms with E-state index in [0.717, 1.165) is 12.8 Å². The molecular formula is C12H15N5O3S. The highest BCUT2D eigenvalue weighted by Crippen LogP contribution is 2.21. The molecule has 0 saturated carbocycles. The lowest BCUT2D eigenvalue weighted by Gasteiger charge is -2.31. The van der Waals surface area contributed by atoms with Gasteiger partial charge in [-0.1, -0.05) is 0 Å². The standard InChI is InChI=1S/C12H15N5O3S/c18-21(19,12-6-14-9-16-12)17-5-1-2-10(7-17)20-11-3-4-13-8-15-11/h3-4,6,8-10H,1-2,5,7H2,(H,14,16). The number of H-pyrrole nitrogens is 1. The first kappa shape index (κ1) is 14.0. The summed E-state index contributed by atoms with van der Waals surface area (Å²) in [5.41, 5.74) is 0. The van der Waals surface area contributed by atoms with Gasteiger partial charge >= 0.3 is 0 Å². The molecule has 0 spiro atoms. The highest BCUT2D eigenvalue weighted by atomic mass is 32.2. The molecule has 8 nitrogen and oxygen atoms in total. The summed E-state index contributed by atoms with van der Waals surface area (Å²) in [5, 5.41) is 0.102. The first-order chi connectivity index (χ1) is 10.2. The maximum Gasteiger partial charge on any atom is 0.260 e. The molecule has 2 aromatic rings. The van der Waals surface area contributed by atoms with Crippen molar-refractivity contribution < 1.29 is 13.2 Å². The summed E-state index contributed by atoms with van der Waals surface area (Å²) in [4.78, 5) is 14.2. The molecule has 1 saturated heterocycles. The number of nitrogens with one attached hydrogen (secondary N) is 1. The van der Waals surface area contributed by atoms with Gasteiger partial charge < -0.3 is 9.72 Å². The lowest BCUT2D eigenvalue weighted by molar-refractivity contribution is 0.124. The van der Waals surface area contributed by atoms with Gasteiger partial charge in [-0.05, 0) is 12.8 Å². The lowest BCUT2D eigenvalue weighted by atomic mass is 10.1. The van der Waals surface area contributed by atoms with Crippen LogP contribution in [0, 0.1) is 0 Å². The number of imidazole rings is 1. The Bertz CT molecular complexity index is 674. The van der Waals surface area contributed by atoms with E-state index in [1.807, 2.05) is 0 Å². The van der Waals surface area contributed by atoms with Gasteiger partial charge in [-0.2, -0.15) is 4.31 Å². The summed E-state index contributed by atoms with van der Waals surface area (Å²) in [6.45, 7) is 0.774. The molecule has 1 unspecified atom stereocenters. The van der Waals surface area contributed by atoms with E-state index in [2.05, 4.69) is 19.9 Å². The minimum Gasteiger partial charge on any atom is -0.473 e. The van der Waals surface area contributed by atoms with Crippen molar-refractivity contribution in [1.82, 2.24) is 24.2 Å². The van der Waals surface area contributed by atoms with Gasteiger partial charge in [-0.25, -0.2) is 23.4 Å². The Morgan fingerprint density at radius 3 is 3.00 bits per heavy atom. The van der Waals surface area contributed by atoms with Crippen LogP contribution in [-0.2, 0) is 10.0 Å². The fourth-order valence-electron chi connectivity index (χ4n) is 2.26. The molecule has 3 heterocycles. The number of sulfonamides is 1. The summed E-state index contributed by atoms with van der Waals surface area (Å²) in [7, 11) is -3.54. The molecule has 112 valence electrons. The molecule has 0 bridgehead atoms. The molecule has 0 amide bonds. The first-order valence-corrected chi connectivity index (χ1v) is 8.01. The van der Waals surface area contributed by atoms with Crippen molar-refractivity contribution in [1.29, 1.82) is 0 Å². The lowest BCUT2D eigenvalue weighted by Crippen LogP contribution is -2.44. The van der Waals surface area contributed by atoms with E-state index in [-0.39, 0.29) is 11.1 Å². The molecule has 1 aliphatic heterocycles. The highest BCUT2D eigenvalue weighted by molar-refractivity contribution is 7.89. The third kappa shape index (κ3) is 3.03. The molecule has 1 aliphatic rings. The van der Waals surface area contributed by atoms with Gasteiger partial charge in [0.25, 0.3) is 10.0 Å². The second-order valence-electron chi connectivity index (χ2n) is 4.71. The Labute approximate surface area is 122 Å². The van der Waals surface area contributed by atoms with Crippen molar-refractivity contribution in [2.75, 3.05) is 13.1 Å². The molecule has 1 N–H and O–H groups in total. The second-order valence-corrected chi connectivity index (χ2v) is 6.61. The Kier molecular flexibility index (Phi) is 3.84. The molecule has 1 atom stereocenters. The first-order valence-electron chi connectivity index (χ1n) is 6.57. The number of aromatic nitrogens is 4. The quantitative estimate of drug-likeness (QED) is 0.879. The Morgan fingerprint density at radius 1 is 1.38 bits per heavy atom. The van der Waals surface area contributed by atoms with Crippen LogP contribution in [0.25, 0.3) is 0 Å². The number of nitrogens with zero attached hydrogens (tertiary/aromatic N) is 4. The molecule has 3 rings (SSSR count). The van der Waals surface area contributed by atoms with Crippen LogP contribution in [0.5, 0.6) is 5.88 Å². The smallest absolute Gasteiger partial charge is 0.260 e. The molecular weight excluding hydrogens is 294 g/mol. The van der Waals surface area contributed by atoms with Gasteiger partial charge in [-0.3, -0.25) is 0 Å². The summed E-state index contributed by atoms with van der Waals surface area (Å²) in [6.07, 6.45) is 6.96. The van der Waals surface area contributed by atoms with E-state index in [0.29, 0.717) is 19.0 Å². The highest BCUT2D eigenvalue weighted by Gasteiger charge is 2.32. The number of hydrogen-bond acceptors (Lipinski definition) is 6. The molecule has 9 heteroatoms. The zero-order chi connectivity index (χ0) is 14.7. The van der Waals surface area contributed by atoms with E-state index in [4.69, 9.17) is 4.74 Å². The molecule has 0 aromatic carbocycles. The number of rotatable bonds is 4. The fourth-order valence-corrected chi connectivity index (χ4v) is 3.67. The maximum atomic E-state index is 12.4. The summed E-state index contributed by atoms with van der Waals surface area (Å²) in [5.74, 6) is 0.454. The fraction of sp³-hybridized carbons (Fsp3) is 0.417. The van der Waals surface area contributed by atoms with Gasteiger partial charge in [0, 0.05) is 18.8 Å². The molecule has 2 aromatic heterocycles. The molecule has 0 radical (unpaired) electrons. The Hall–Kier alpha value is -2.00. The van der Waals surface area contributed by atoms with Crippen LogP contribution < -0.4 is 4.74 Å². The summed E-state index contributed by atoms with van der Waals surface area (Å²) < 4.78 is 32.0. The van der Waals surface area contributed by atoms with Crippen LogP contribution >= 0.6 is 0 Å². The van der Waals surface area contributed by atoms with Gasteiger partial charge in [0.2, 0.25) is 5.88 Å². The minimum atomic E-state index is -3.54. The monoisotopic (exact) mass is 309 g/mol. The predicted molar refractivity (Wildman–Crippen MR) is 73.0 cm³/mol. The van der Waals surface area contributed by atoms with Crippen molar-refractivity contribution in [2.24, 2.45) is 0 Å². The van der Waals surface area contributed by atoms with E-state index < -0.39 is 10.0 Å². The zero-order valence-electron chi connectivity index (χ0n) is 11.2. The number of ether oxygens (including phenoxy) is 1. The zero-order valence-corrected chi connectivity index (χ0v) is 12.0. The summed E-state index contributed by atoms with van der Waals surface area (Å²) in [6, 6.07) is 1.66. The number of hydrogen-bond donors (Lipinski definition) is 1. The van der Waals surface area contributed by atoms with Crippen LogP contribution in [0.1, 0.15) is 12.8 Å². The van der Waals surface area contributed by atoms with Crippen molar-refractivity contribution in [2.45, 2.75) is 24.0 Å². The van der Waals surface area contributed by atoms with Crippen molar-refractivity contribution in [3.8, 4) is 5.88 Å². The van der Waals surface area contributed by atoms with E-state index >= 15 is 0 Å². The Morgan fingerprint density at radius 2 is 2.29 bits per heavy atom. The van der Waals surface area contributed by atoms with Crippen molar-refractivity contribution >= 4 is 10.0 Å². The molecule has 0 aliphatic carbocycles. The van der Waals surface area contributed by atoms with E-state index in [1.54, 1.807) is 12.3 Å². The van der Waals surface area contributed by atoms with E-state index in [1.165, 1.54) is 23.2 Å². The van der Waals surface area contributed by atoms with Gasteiger partial charge in [-0.15, -0.1) is 0 Å². The largest absolute Gasteiger partial charge is 0.473 e. The van der Waals surface area contributed by atoms with Crippen LogP contribution in [0.3, 0.4) is 0 Å². The Balaban J connectivity index is 1.71. The second kappa shape index (κ2) is 5.78. The van der Waals surface area contributed by atoms with Crippen molar-refractivity contribution in [3.63, 3.8) is 0 Å². The topological polar surface area (TPSA) is 101 Å². The predicted octanol–water partition coefficient (Wildman–Crippen LogP) is 0.432. The average molecular weight is 309 g/mol. The van der Waals surface area contributed by atoms with E-state index in [9.17, 15) is 8.42 Å². The average Bonchev–Trinajstić information content (AvgIpc) is 3.04. The third-order valence-electron chi connectivity index (χ3n) is 3.27. The van der Waals surface area contributed by atoms with Gasteiger partial charge in [0.05, 0.1) is 19.1 Å². The SMILES string of the molecule is O=S(=O)(c1cnc[nH]1)N1CCCC(Oc2ccncn2)C1. The maximum absolute atomic E-state index is 12.4. The van der Waals surface area contributed by atoms with Crippen LogP contribution in [0.4, 0.5) is 0 Å². The van der Waals surface area contributed by atoms with Crippen LogP contribution in [-0.4, -0.2) is 51.9 Å². The number of aromatic amines is 1. The van der Waals surface area contributed by atoms with Crippen LogP contribution in [0.15, 0.2) is 36.1 Å². The van der Waals surface area contributed by atoms with Gasteiger partial charge in [0.1, 0.15) is 12.4 Å². The normalized spacial score (nSPS) is 20.3.